The number of halogens is 1. The highest BCUT2D eigenvalue weighted by Gasteiger charge is 2.18. The van der Waals surface area contributed by atoms with E-state index in [1.807, 2.05) is 12.1 Å². The Hall–Kier alpha value is -4.76. The van der Waals surface area contributed by atoms with Gasteiger partial charge in [0, 0.05) is 21.9 Å². The van der Waals surface area contributed by atoms with E-state index in [4.69, 9.17) is 16.0 Å². The lowest BCUT2D eigenvalue weighted by atomic mass is 10.1. The van der Waals surface area contributed by atoms with Gasteiger partial charge in [-0.25, -0.2) is 5.43 Å². The van der Waals surface area contributed by atoms with Gasteiger partial charge in [-0.05, 0) is 48.5 Å². The summed E-state index contributed by atoms with van der Waals surface area (Å²) in [5.41, 5.74) is 3.72. The van der Waals surface area contributed by atoms with Gasteiger partial charge in [-0.1, -0.05) is 35.9 Å². The number of carbonyl (C=O) groups excluding carboxylic acids is 1. The summed E-state index contributed by atoms with van der Waals surface area (Å²) >= 11 is 5.87. The molecule has 0 bridgehead atoms. The Morgan fingerprint density at radius 3 is 2.36 bits per heavy atom. The Morgan fingerprint density at radius 1 is 1.03 bits per heavy atom. The molecule has 9 nitrogen and oxygen atoms in total. The third-order valence-electron chi connectivity index (χ3n) is 5.61. The predicted octanol–water partition coefficient (Wildman–Crippen LogP) is 5.13. The van der Waals surface area contributed by atoms with E-state index in [9.17, 15) is 19.7 Å². The molecule has 5 aromatic rings. The van der Waals surface area contributed by atoms with Gasteiger partial charge in [0.2, 0.25) is 0 Å². The van der Waals surface area contributed by atoms with Gasteiger partial charge in [0.15, 0.2) is 5.43 Å². The number of fused-ring (bicyclic) bond motifs is 2. The van der Waals surface area contributed by atoms with Crippen molar-refractivity contribution in [1.29, 1.82) is 0 Å². The van der Waals surface area contributed by atoms with E-state index in [1.165, 1.54) is 24.4 Å². The molecule has 1 amide bonds. The number of hydrazone groups is 1. The van der Waals surface area contributed by atoms with Crippen LogP contribution in [0.1, 0.15) is 5.76 Å². The maximum absolute atomic E-state index is 12.8. The predicted molar refractivity (Wildman–Crippen MR) is 137 cm³/mol. The summed E-state index contributed by atoms with van der Waals surface area (Å²) in [7, 11) is 0. The van der Waals surface area contributed by atoms with Crippen molar-refractivity contribution in [3.05, 3.63) is 110 Å². The van der Waals surface area contributed by atoms with E-state index in [0.29, 0.717) is 21.8 Å². The number of para-hydroxylation sites is 2. The molecule has 3 aromatic carbocycles. The quantitative estimate of drug-likeness (QED) is 0.150. The maximum Gasteiger partial charge on any atom is 0.281 e. The molecule has 0 saturated heterocycles. The van der Waals surface area contributed by atoms with Crippen LogP contribution < -0.4 is 10.9 Å². The summed E-state index contributed by atoms with van der Waals surface area (Å²) in [4.78, 5) is 36.4. The summed E-state index contributed by atoms with van der Waals surface area (Å²) in [5.74, 6) is 0.136. The van der Waals surface area contributed by atoms with Crippen LogP contribution in [-0.2, 0) is 11.3 Å². The SMILES string of the molecule is O=C(Cn1c2ccccc2c(=O)c2ccccc21)N/N=C/c1ccc(-c2ccc(Cl)cc2[N+](=O)[O-])o1. The second-order valence-corrected chi connectivity index (χ2v) is 8.30. The van der Waals surface area contributed by atoms with Gasteiger partial charge >= 0.3 is 0 Å². The van der Waals surface area contributed by atoms with Gasteiger partial charge in [-0.2, -0.15) is 5.10 Å². The number of amides is 1. The number of nitrogens with one attached hydrogen (secondary N) is 1. The first kappa shape index (κ1) is 23.0. The van der Waals surface area contributed by atoms with Gasteiger partial charge < -0.3 is 8.98 Å². The summed E-state index contributed by atoms with van der Waals surface area (Å²) in [5, 5.41) is 16.6. The molecule has 1 N–H and O–H groups in total. The summed E-state index contributed by atoms with van der Waals surface area (Å²) in [6, 6.07) is 21.7. The first-order valence-corrected chi connectivity index (χ1v) is 11.2. The molecule has 0 aliphatic rings. The van der Waals surface area contributed by atoms with Crippen LogP contribution in [-0.4, -0.2) is 21.6 Å². The number of furan rings is 1. The third-order valence-corrected chi connectivity index (χ3v) is 5.85. The fraction of sp³-hybridized carbons (Fsp3) is 0.0385. The highest BCUT2D eigenvalue weighted by atomic mass is 35.5. The van der Waals surface area contributed by atoms with Crippen molar-refractivity contribution >= 4 is 51.2 Å². The highest BCUT2D eigenvalue weighted by molar-refractivity contribution is 6.30. The zero-order valence-corrected chi connectivity index (χ0v) is 19.3. The monoisotopic (exact) mass is 500 g/mol. The van der Waals surface area contributed by atoms with Crippen molar-refractivity contribution in [3.63, 3.8) is 0 Å². The number of benzene rings is 3. The van der Waals surface area contributed by atoms with E-state index in [-0.39, 0.29) is 39.8 Å². The first-order chi connectivity index (χ1) is 17.4. The molecule has 10 heteroatoms. The van der Waals surface area contributed by atoms with Crippen LogP contribution in [0.5, 0.6) is 0 Å². The number of nitro benzene ring substituents is 1. The first-order valence-electron chi connectivity index (χ1n) is 10.8. The molecule has 0 fully saturated rings. The Balaban J connectivity index is 1.36. The fourth-order valence-electron chi connectivity index (χ4n) is 4.03. The number of hydrogen-bond acceptors (Lipinski definition) is 6. The number of aromatic nitrogens is 1. The maximum atomic E-state index is 12.8. The zero-order chi connectivity index (χ0) is 25.2. The van der Waals surface area contributed by atoms with Crippen LogP contribution in [0.3, 0.4) is 0 Å². The molecule has 36 heavy (non-hydrogen) atoms. The number of hydrogen-bond donors (Lipinski definition) is 1. The highest BCUT2D eigenvalue weighted by Crippen LogP contribution is 2.33. The molecule has 5 rings (SSSR count). The molecule has 178 valence electrons. The second kappa shape index (κ2) is 9.47. The lowest BCUT2D eigenvalue weighted by Crippen LogP contribution is -2.25. The molecular weight excluding hydrogens is 484 g/mol. The van der Waals surface area contributed by atoms with Crippen LogP contribution in [0.15, 0.2) is 93.2 Å². The lowest BCUT2D eigenvalue weighted by molar-refractivity contribution is -0.384. The van der Waals surface area contributed by atoms with Gasteiger partial charge in [0.1, 0.15) is 18.1 Å². The van der Waals surface area contributed by atoms with Gasteiger partial charge in [-0.15, -0.1) is 0 Å². The van der Waals surface area contributed by atoms with E-state index in [2.05, 4.69) is 10.5 Å². The molecular formula is C26H17ClN4O5. The van der Waals surface area contributed by atoms with Crippen molar-refractivity contribution in [2.45, 2.75) is 6.54 Å². The molecule has 0 radical (unpaired) electrons. The molecule has 0 spiro atoms. The lowest BCUT2D eigenvalue weighted by Gasteiger charge is -2.14. The van der Waals surface area contributed by atoms with E-state index in [0.717, 1.165) is 0 Å². The zero-order valence-electron chi connectivity index (χ0n) is 18.6. The van der Waals surface area contributed by atoms with Crippen LogP contribution in [0.2, 0.25) is 5.02 Å². The third kappa shape index (κ3) is 4.35. The topological polar surface area (TPSA) is 120 Å². The van der Waals surface area contributed by atoms with Crippen LogP contribution in [0.25, 0.3) is 33.1 Å². The van der Waals surface area contributed by atoms with E-state index < -0.39 is 10.8 Å². The van der Waals surface area contributed by atoms with Crippen molar-refractivity contribution < 1.29 is 14.1 Å². The average Bonchev–Trinajstić information content (AvgIpc) is 3.35. The fourth-order valence-corrected chi connectivity index (χ4v) is 4.19. The summed E-state index contributed by atoms with van der Waals surface area (Å²) < 4.78 is 7.41. The Bertz CT molecular complexity index is 1680. The largest absolute Gasteiger partial charge is 0.455 e. The molecule has 0 unspecified atom stereocenters. The smallest absolute Gasteiger partial charge is 0.281 e. The number of nitro groups is 1. The second-order valence-electron chi connectivity index (χ2n) is 7.86. The molecule has 0 aliphatic carbocycles. The minimum Gasteiger partial charge on any atom is -0.455 e. The number of pyridine rings is 1. The van der Waals surface area contributed by atoms with Crippen LogP contribution >= 0.6 is 11.6 Å². The van der Waals surface area contributed by atoms with E-state index in [1.54, 1.807) is 53.1 Å². The molecule has 0 saturated carbocycles. The Morgan fingerprint density at radius 2 is 1.69 bits per heavy atom. The van der Waals surface area contributed by atoms with Crippen molar-refractivity contribution in [1.82, 2.24) is 9.99 Å². The molecule has 2 aromatic heterocycles. The Kier molecular flexibility index (Phi) is 6.05. The normalized spacial score (nSPS) is 11.4. The minimum absolute atomic E-state index is 0.0704. The number of carbonyl (C=O) groups is 1. The van der Waals surface area contributed by atoms with Crippen molar-refractivity contribution in [2.75, 3.05) is 0 Å². The molecule has 0 atom stereocenters. The van der Waals surface area contributed by atoms with Crippen LogP contribution in [0, 0.1) is 10.1 Å². The summed E-state index contributed by atoms with van der Waals surface area (Å²) in [6.45, 7) is -0.0704. The van der Waals surface area contributed by atoms with Crippen molar-refractivity contribution in [3.8, 4) is 11.3 Å². The van der Waals surface area contributed by atoms with E-state index >= 15 is 0 Å². The van der Waals surface area contributed by atoms with Crippen LogP contribution in [0.4, 0.5) is 5.69 Å². The summed E-state index contributed by atoms with van der Waals surface area (Å²) in [6.07, 6.45) is 1.30. The average molecular weight is 501 g/mol. The number of nitrogens with zero attached hydrogens (tertiary/aromatic N) is 3. The van der Waals surface area contributed by atoms with Gasteiger partial charge in [-0.3, -0.25) is 19.7 Å². The standard InChI is InChI=1S/C26H17ClN4O5/c27-16-9-11-18(23(13-16)31(34)35)24-12-10-17(36-24)14-28-29-25(32)15-30-21-7-3-1-5-19(21)26(33)20-6-2-4-8-22(20)30/h1-14H,15H2,(H,29,32)/b28-14+. The molecule has 2 heterocycles. The molecule has 0 aliphatic heterocycles. The van der Waals surface area contributed by atoms with Gasteiger partial charge in [0.05, 0.1) is 27.7 Å². The Labute approximate surface area is 208 Å². The van der Waals surface area contributed by atoms with Gasteiger partial charge in [0.25, 0.3) is 11.6 Å². The number of rotatable bonds is 6. The minimum atomic E-state index is -0.540. The van der Waals surface area contributed by atoms with Crippen molar-refractivity contribution in [2.24, 2.45) is 5.10 Å².